The normalized spacial score (nSPS) is 18.3. The van der Waals surface area contributed by atoms with Crippen LogP contribution in [0.15, 0.2) is 47.3 Å². The van der Waals surface area contributed by atoms with E-state index in [2.05, 4.69) is 5.32 Å². The molecule has 1 aromatic rings. The smallest absolute Gasteiger partial charge is 0.334 e. The first kappa shape index (κ1) is 13.8. The Morgan fingerprint density at radius 3 is 2.60 bits per heavy atom. The van der Waals surface area contributed by atoms with Crippen molar-refractivity contribution in [2.75, 3.05) is 0 Å². The minimum absolute atomic E-state index is 0.0741. The molecule has 1 aromatic carbocycles. The fourth-order valence-electron chi connectivity index (χ4n) is 2.43. The van der Waals surface area contributed by atoms with E-state index in [4.69, 9.17) is 0 Å². The van der Waals surface area contributed by atoms with E-state index in [1.54, 1.807) is 38.1 Å². The number of rotatable bonds is 3. The maximum atomic E-state index is 11.4. The largest absolute Gasteiger partial charge is 0.478 e. The molecule has 0 fully saturated rings. The van der Waals surface area contributed by atoms with Gasteiger partial charge in [-0.05, 0) is 13.8 Å². The van der Waals surface area contributed by atoms with Crippen LogP contribution in [0.3, 0.4) is 0 Å². The number of carboxylic acid groups (broad SMARTS) is 1. The van der Waals surface area contributed by atoms with Crippen LogP contribution in [-0.4, -0.2) is 16.0 Å². The minimum Gasteiger partial charge on any atom is -0.478 e. The van der Waals surface area contributed by atoms with Crippen LogP contribution in [0.1, 0.15) is 25.3 Å². The van der Waals surface area contributed by atoms with Crippen LogP contribution in [0, 0.1) is 10.1 Å². The molecular formula is C14H14N2O4. The summed E-state index contributed by atoms with van der Waals surface area (Å²) >= 11 is 0. The molecule has 0 radical (unpaired) electrons. The Morgan fingerprint density at radius 2 is 2.00 bits per heavy atom. The molecule has 0 amide bonds. The third-order valence-corrected chi connectivity index (χ3v) is 3.22. The van der Waals surface area contributed by atoms with E-state index in [1.807, 2.05) is 0 Å². The van der Waals surface area contributed by atoms with Crippen molar-refractivity contribution in [3.63, 3.8) is 0 Å². The molecule has 0 spiro atoms. The summed E-state index contributed by atoms with van der Waals surface area (Å²) in [7, 11) is 0. The Hall–Kier alpha value is -2.63. The highest BCUT2D eigenvalue weighted by atomic mass is 16.6. The van der Waals surface area contributed by atoms with Gasteiger partial charge >= 0.3 is 5.97 Å². The van der Waals surface area contributed by atoms with Crippen molar-refractivity contribution < 1.29 is 14.8 Å². The lowest BCUT2D eigenvalue weighted by atomic mass is 9.86. The van der Waals surface area contributed by atoms with Crippen molar-refractivity contribution in [2.45, 2.75) is 19.8 Å². The van der Waals surface area contributed by atoms with Crippen molar-refractivity contribution in [1.82, 2.24) is 5.32 Å². The SMILES string of the molecule is CC1=CC(c2ccccc2[N+](=O)[O-])C(C(=O)O)=C(C)N1. The van der Waals surface area contributed by atoms with Crippen molar-refractivity contribution >= 4 is 11.7 Å². The first-order valence-electron chi connectivity index (χ1n) is 6.04. The van der Waals surface area contributed by atoms with E-state index >= 15 is 0 Å². The zero-order valence-corrected chi connectivity index (χ0v) is 11.1. The number of aliphatic carboxylic acids is 1. The van der Waals surface area contributed by atoms with Crippen molar-refractivity contribution in [3.8, 4) is 0 Å². The zero-order chi connectivity index (χ0) is 14.9. The highest BCUT2D eigenvalue weighted by Crippen LogP contribution is 2.36. The Bertz CT molecular complexity index is 646. The molecule has 0 aliphatic carbocycles. The van der Waals surface area contributed by atoms with Gasteiger partial charge in [-0.1, -0.05) is 24.3 Å². The van der Waals surface area contributed by atoms with Gasteiger partial charge in [-0.25, -0.2) is 4.79 Å². The van der Waals surface area contributed by atoms with E-state index in [9.17, 15) is 20.0 Å². The van der Waals surface area contributed by atoms with Crippen molar-refractivity contribution in [3.05, 3.63) is 63.0 Å². The molecule has 1 aliphatic rings. The number of nitrogens with zero attached hydrogens (tertiary/aromatic N) is 1. The molecule has 1 atom stereocenters. The Morgan fingerprint density at radius 1 is 1.35 bits per heavy atom. The molecule has 1 heterocycles. The van der Waals surface area contributed by atoms with Crippen LogP contribution < -0.4 is 5.32 Å². The zero-order valence-electron chi connectivity index (χ0n) is 11.1. The fraction of sp³-hybridized carbons (Fsp3) is 0.214. The molecule has 2 rings (SSSR count). The summed E-state index contributed by atoms with van der Waals surface area (Å²) in [5.74, 6) is -1.71. The van der Waals surface area contributed by atoms with Gasteiger partial charge in [0, 0.05) is 28.9 Å². The van der Waals surface area contributed by atoms with Gasteiger partial charge in [0.1, 0.15) is 0 Å². The van der Waals surface area contributed by atoms with Crippen LogP contribution in [0.5, 0.6) is 0 Å². The number of allylic oxidation sites excluding steroid dienone is 3. The summed E-state index contributed by atoms with van der Waals surface area (Å²) < 4.78 is 0. The lowest BCUT2D eigenvalue weighted by Gasteiger charge is -2.24. The second-order valence-electron chi connectivity index (χ2n) is 4.61. The summed E-state index contributed by atoms with van der Waals surface area (Å²) in [5, 5.41) is 23.4. The summed E-state index contributed by atoms with van der Waals surface area (Å²) in [6, 6.07) is 6.21. The maximum absolute atomic E-state index is 11.4. The van der Waals surface area contributed by atoms with Crippen LogP contribution in [-0.2, 0) is 4.79 Å². The average molecular weight is 274 g/mol. The number of carboxylic acids is 1. The lowest BCUT2D eigenvalue weighted by Crippen LogP contribution is -2.24. The molecule has 2 N–H and O–H groups in total. The summed E-state index contributed by atoms with van der Waals surface area (Å²) in [4.78, 5) is 22.1. The van der Waals surface area contributed by atoms with Crippen LogP contribution >= 0.6 is 0 Å². The van der Waals surface area contributed by atoms with Gasteiger partial charge < -0.3 is 10.4 Å². The molecular weight excluding hydrogens is 260 g/mol. The van der Waals surface area contributed by atoms with Crippen molar-refractivity contribution in [2.24, 2.45) is 0 Å². The van der Waals surface area contributed by atoms with E-state index < -0.39 is 16.8 Å². The molecule has 20 heavy (non-hydrogen) atoms. The van der Waals surface area contributed by atoms with E-state index in [0.717, 1.165) is 5.70 Å². The Kier molecular flexibility index (Phi) is 3.56. The number of nitro groups is 1. The third kappa shape index (κ3) is 2.40. The highest BCUT2D eigenvalue weighted by Gasteiger charge is 2.30. The number of carbonyl (C=O) groups is 1. The van der Waals surface area contributed by atoms with Crippen LogP contribution in [0.25, 0.3) is 0 Å². The molecule has 0 saturated heterocycles. The molecule has 104 valence electrons. The second-order valence-corrected chi connectivity index (χ2v) is 4.61. The van der Waals surface area contributed by atoms with Crippen LogP contribution in [0.4, 0.5) is 5.69 Å². The van der Waals surface area contributed by atoms with Gasteiger partial charge in [0.25, 0.3) is 5.69 Å². The number of para-hydroxylation sites is 1. The molecule has 0 bridgehead atoms. The molecule has 0 saturated carbocycles. The molecule has 6 nitrogen and oxygen atoms in total. The number of dihydropyridines is 1. The van der Waals surface area contributed by atoms with Crippen molar-refractivity contribution in [1.29, 1.82) is 0 Å². The maximum Gasteiger partial charge on any atom is 0.334 e. The van der Waals surface area contributed by atoms with E-state index in [-0.39, 0.29) is 11.3 Å². The van der Waals surface area contributed by atoms with Gasteiger partial charge in [0.15, 0.2) is 0 Å². The Balaban J connectivity index is 2.63. The summed E-state index contributed by atoms with van der Waals surface area (Å²) in [6.45, 7) is 3.45. The predicted octanol–water partition coefficient (Wildman–Crippen LogP) is 2.54. The van der Waals surface area contributed by atoms with Gasteiger partial charge in [0.2, 0.25) is 0 Å². The van der Waals surface area contributed by atoms with Crippen LogP contribution in [0.2, 0.25) is 0 Å². The number of nitrogens with one attached hydrogen (secondary N) is 1. The van der Waals surface area contributed by atoms with Gasteiger partial charge in [-0.3, -0.25) is 10.1 Å². The number of hydrogen-bond acceptors (Lipinski definition) is 4. The lowest BCUT2D eigenvalue weighted by molar-refractivity contribution is -0.385. The molecule has 0 aromatic heterocycles. The predicted molar refractivity (Wildman–Crippen MR) is 73.1 cm³/mol. The van der Waals surface area contributed by atoms with E-state index in [1.165, 1.54) is 6.07 Å². The first-order valence-corrected chi connectivity index (χ1v) is 6.04. The first-order chi connectivity index (χ1) is 9.41. The topological polar surface area (TPSA) is 92.5 Å². The monoisotopic (exact) mass is 274 g/mol. The summed E-state index contributed by atoms with van der Waals surface area (Å²) in [5.41, 5.74) is 1.71. The summed E-state index contributed by atoms with van der Waals surface area (Å²) in [6.07, 6.45) is 1.69. The van der Waals surface area contributed by atoms with Gasteiger partial charge in [0.05, 0.1) is 10.5 Å². The third-order valence-electron chi connectivity index (χ3n) is 3.22. The quantitative estimate of drug-likeness (QED) is 0.652. The number of hydrogen-bond donors (Lipinski definition) is 2. The standard InChI is InChI=1S/C14H14N2O4/c1-8-7-11(13(14(17)18)9(2)15-8)10-5-3-4-6-12(10)16(19)20/h3-7,11,15H,1-2H3,(H,17,18). The minimum atomic E-state index is -1.08. The number of nitro benzene ring substituents is 1. The van der Waals surface area contributed by atoms with Gasteiger partial charge in [-0.2, -0.15) is 0 Å². The van der Waals surface area contributed by atoms with Gasteiger partial charge in [-0.15, -0.1) is 0 Å². The highest BCUT2D eigenvalue weighted by molar-refractivity contribution is 5.90. The average Bonchev–Trinajstić information content (AvgIpc) is 2.37. The molecule has 1 unspecified atom stereocenters. The Labute approximate surface area is 115 Å². The molecule has 6 heteroatoms. The molecule has 1 aliphatic heterocycles. The fourth-order valence-corrected chi connectivity index (χ4v) is 2.43. The second kappa shape index (κ2) is 5.16. The van der Waals surface area contributed by atoms with E-state index in [0.29, 0.717) is 11.3 Å². The number of benzene rings is 1.